The van der Waals surface area contributed by atoms with Crippen molar-refractivity contribution in [3.63, 3.8) is 0 Å². The van der Waals surface area contributed by atoms with E-state index in [1.165, 1.54) is 13.8 Å². The lowest BCUT2D eigenvalue weighted by Crippen LogP contribution is -2.28. The molecule has 6 heteroatoms. The Morgan fingerprint density at radius 1 is 1.32 bits per heavy atom. The van der Waals surface area contributed by atoms with Crippen LogP contribution in [0.3, 0.4) is 0 Å². The van der Waals surface area contributed by atoms with Crippen LogP contribution in [0.5, 0.6) is 0 Å². The number of hydrogen-bond donors (Lipinski definition) is 3. The number of rotatable bonds is 5. The fourth-order valence-electron chi connectivity index (χ4n) is 1.67. The summed E-state index contributed by atoms with van der Waals surface area (Å²) in [7, 11) is 0. The molecular formula is C13H17F2NO3. The molecule has 0 saturated heterocycles. The minimum Gasteiger partial charge on any atom is -0.390 e. The fraction of sp³-hybridized carbons (Fsp3) is 0.462. The third kappa shape index (κ3) is 4.25. The molecule has 4 nitrogen and oxygen atoms in total. The van der Waals surface area contributed by atoms with Gasteiger partial charge in [-0.05, 0) is 25.0 Å². The van der Waals surface area contributed by atoms with Gasteiger partial charge in [0.2, 0.25) is 5.91 Å². The topological polar surface area (TPSA) is 69.6 Å². The highest BCUT2D eigenvalue weighted by atomic mass is 19.1. The van der Waals surface area contributed by atoms with Gasteiger partial charge in [0.05, 0.1) is 6.10 Å². The van der Waals surface area contributed by atoms with Crippen LogP contribution >= 0.6 is 0 Å². The first-order valence-electron chi connectivity index (χ1n) is 5.89. The summed E-state index contributed by atoms with van der Waals surface area (Å²) in [5.74, 6) is -1.87. The Hall–Kier alpha value is -1.53. The number of nitrogens with one attached hydrogen (secondary N) is 1. The highest BCUT2D eigenvalue weighted by molar-refractivity contribution is 5.72. The molecule has 0 bridgehead atoms. The summed E-state index contributed by atoms with van der Waals surface area (Å²) in [5, 5.41) is 22.0. The van der Waals surface area contributed by atoms with Crippen LogP contribution in [-0.2, 0) is 4.79 Å². The van der Waals surface area contributed by atoms with Gasteiger partial charge in [0.25, 0.3) is 0 Å². The van der Waals surface area contributed by atoms with Crippen molar-refractivity contribution < 1.29 is 23.8 Å². The average molecular weight is 273 g/mol. The first kappa shape index (κ1) is 15.5. The number of carbonyl (C=O) groups is 1. The maximum atomic E-state index is 13.5. The van der Waals surface area contributed by atoms with Crippen LogP contribution in [0, 0.1) is 18.6 Å². The molecule has 0 heterocycles. The maximum absolute atomic E-state index is 13.5. The predicted octanol–water partition coefficient (Wildman–Crippen LogP) is 1.19. The van der Waals surface area contributed by atoms with E-state index < -0.39 is 23.8 Å². The van der Waals surface area contributed by atoms with Gasteiger partial charge in [-0.1, -0.05) is 0 Å². The van der Waals surface area contributed by atoms with E-state index in [1.54, 1.807) is 0 Å². The Kier molecular flexibility index (Phi) is 5.38. The van der Waals surface area contributed by atoms with E-state index in [-0.39, 0.29) is 30.0 Å². The number of hydrogen-bond acceptors (Lipinski definition) is 3. The van der Waals surface area contributed by atoms with E-state index in [4.69, 9.17) is 0 Å². The van der Waals surface area contributed by atoms with Crippen molar-refractivity contribution in [1.29, 1.82) is 0 Å². The van der Waals surface area contributed by atoms with Crippen molar-refractivity contribution in [1.82, 2.24) is 5.32 Å². The molecule has 1 rings (SSSR count). The van der Waals surface area contributed by atoms with Crippen LogP contribution in [0.2, 0.25) is 0 Å². The minimum atomic E-state index is -1.46. The Bertz CT molecular complexity index is 465. The van der Waals surface area contributed by atoms with E-state index >= 15 is 0 Å². The van der Waals surface area contributed by atoms with Crippen LogP contribution < -0.4 is 5.32 Å². The molecule has 106 valence electrons. The number of carbonyl (C=O) groups excluding carboxylic acids is 1. The van der Waals surface area contributed by atoms with E-state index in [2.05, 4.69) is 5.32 Å². The van der Waals surface area contributed by atoms with E-state index in [0.717, 1.165) is 6.07 Å². The van der Waals surface area contributed by atoms with Crippen LogP contribution in [0.4, 0.5) is 8.78 Å². The smallest absolute Gasteiger partial charge is 0.216 e. The number of benzene rings is 1. The van der Waals surface area contributed by atoms with Crippen LogP contribution in [0.25, 0.3) is 0 Å². The molecule has 0 saturated carbocycles. The number of aliphatic hydroxyl groups excluding tert-OH is 2. The van der Waals surface area contributed by atoms with Gasteiger partial charge in [-0.25, -0.2) is 8.78 Å². The largest absolute Gasteiger partial charge is 0.390 e. The molecule has 2 atom stereocenters. The third-order valence-corrected chi connectivity index (χ3v) is 2.78. The van der Waals surface area contributed by atoms with Crippen molar-refractivity contribution in [2.24, 2.45) is 0 Å². The monoisotopic (exact) mass is 273 g/mol. The van der Waals surface area contributed by atoms with Crippen molar-refractivity contribution in [3.8, 4) is 0 Å². The van der Waals surface area contributed by atoms with Crippen LogP contribution in [-0.4, -0.2) is 28.8 Å². The standard InChI is InChI=1S/C13H17F2NO3/c1-7-5-9(11(15)6-10(7)14)13(19)12(18)3-4-16-8(2)17/h5-6,12-13,18-19H,3-4H2,1-2H3,(H,16,17). The second kappa shape index (κ2) is 6.58. The lowest BCUT2D eigenvalue weighted by atomic mass is 9.99. The number of aryl methyl sites for hydroxylation is 1. The van der Waals surface area contributed by atoms with E-state index in [9.17, 15) is 23.8 Å². The van der Waals surface area contributed by atoms with Crippen molar-refractivity contribution >= 4 is 5.91 Å². The second-order valence-electron chi connectivity index (χ2n) is 4.41. The third-order valence-electron chi connectivity index (χ3n) is 2.78. The van der Waals surface area contributed by atoms with Gasteiger partial charge in [-0.3, -0.25) is 4.79 Å². The van der Waals surface area contributed by atoms with Crippen LogP contribution in [0.1, 0.15) is 30.6 Å². The zero-order valence-corrected chi connectivity index (χ0v) is 10.8. The Morgan fingerprint density at radius 2 is 1.95 bits per heavy atom. The second-order valence-corrected chi connectivity index (χ2v) is 4.41. The quantitative estimate of drug-likeness (QED) is 0.755. The molecule has 1 amide bonds. The molecule has 3 N–H and O–H groups in total. The molecule has 0 spiro atoms. The maximum Gasteiger partial charge on any atom is 0.216 e. The predicted molar refractivity (Wildman–Crippen MR) is 65.4 cm³/mol. The summed E-state index contributed by atoms with van der Waals surface area (Å²) in [4.78, 5) is 10.6. The summed E-state index contributed by atoms with van der Waals surface area (Å²) in [6.45, 7) is 2.93. The molecule has 0 aliphatic rings. The SMILES string of the molecule is CC(=O)NCCC(O)C(O)c1cc(C)c(F)cc1F. The van der Waals surface area contributed by atoms with Gasteiger partial charge >= 0.3 is 0 Å². The molecule has 0 aliphatic heterocycles. The lowest BCUT2D eigenvalue weighted by Gasteiger charge is -2.19. The summed E-state index contributed by atoms with van der Waals surface area (Å²) in [6.07, 6.45) is -2.64. The van der Waals surface area contributed by atoms with Gasteiger partial charge in [-0.15, -0.1) is 0 Å². The molecule has 2 unspecified atom stereocenters. The number of amides is 1. The van der Waals surface area contributed by atoms with Crippen LogP contribution in [0.15, 0.2) is 12.1 Å². The first-order chi connectivity index (χ1) is 8.82. The summed E-state index contributed by atoms with van der Waals surface area (Å²) >= 11 is 0. The molecule has 0 aliphatic carbocycles. The highest BCUT2D eigenvalue weighted by Gasteiger charge is 2.22. The summed E-state index contributed by atoms with van der Waals surface area (Å²) in [5.41, 5.74) is 0.0266. The molecular weight excluding hydrogens is 256 g/mol. The summed E-state index contributed by atoms with van der Waals surface area (Å²) < 4.78 is 26.6. The fourth-order valence-corrected chi connectivity index (χ4v) is 1.67. The van der Waals surface area contributed by atoms with Gasteiger partial charge in [0.1, 0.15) is 17.7 Å². The Balaban J connectivity index is 2.73. The van der Waals surface area contributed by atoms with Gasteiger partial charge in [0, 0.05) is 25.1 Å². The average Bonchev–Trinajstić information content (AvgIpc) is 2.32. The van der Waals surface area contributed by atoms with E-state index in [1.807, 2.05) is 0 Å². The van der Waals surface area contributed by atoms with Gasteiger partial charge in [0.15, 0.2) is 0 Å². The normalized spacial score (nSPS) is 14.0. The Labute approximate surface area is 110 Å². The van der Waals surface area contributed by atoms with Crippen molar-refractivity contribution in [3.05, 3.63) is 34.9 Å². The molecule has 1 aromatic rings. The number of halogens is 2. The zero-order chi connectivity index (χ0) is 14.6. The number of aliphatic hydroxyl groups is 2. The molecule has 0 aromatic heterocycles. The molecule has 19 heavy (non-hydrogen) atoms. The minimum absolute atomic E-state index is 0.0661. The van der Waals surface area contributed by atoms with Gasteiger partial charge in [-0.2, -0.15) is 0 Å². The molecule has 0 radical (unpaired) electrons. The highest BCUT2D eigenvalue weighted by Crippen LogP contribution is 2.24. The first-order valence-corrected chi connectivity index (χ1v) is 5.89. The van der Waals surface area contributed by atoms with Crippen molar-refractivity contribution in [2.45, 2.75) is 32.5 Å². The van der Waals surface area contributed by atoms with Crippen molar-refractivity contribution in [2.75, 3.05) is 6.54 Å². The molecule has 1 aromatic carbocycles. The van der Waals surface area contributed by atoms with E-state index in [0.29, 0.717) is 6.07 Å². The zero-order valence-electron chi connectivity index (χ0n) is 10.8. The lowest BCUT2D eigenvalue weighted by molar-refractivity contribution is -0.119. The summed E-state index contributed by atoms with van der Waals surface area (Å²) in [6, 6.07) is 1.84. The Morgan fingerprint density at radius 3 is 2.53 bits per heavy atom. The van der Waals surface area contributed by atoms with Gasteiger partial charge < -0.3 is 15.5 Å². The molecule has 0 fully saturated rings.